The Morgan fingerprint density at radius 2 is 1.59 bits per heavy atom. The van der Waals surface area contributed by atoms with Crippen LogP contribution >= 0.6 is 11.6 Å². The SMILES string of the molecule is Cc1ccc(C(=O)NCC(=O)NC(c2ccccc2)c2ccc(Cl)c(C)c2)cc1. The van der Waals surface area contributed by atoms with Gasteiger partial charge in [0.05, 0.1) is 12.6 Å². The van der Waals surface area contributed by atoms with Crippen molar-refractivity contribution in [2.45, 2.75) is 19.9 Å². The third kappa shape index (κ3) is 5.46. The number of hydrogen-bond acceptors (Lipinski definition) is 2. The van der Waals surface area contributed by atoms with E-state index in [2.05, 4.69) is 10.6 Å². The van der Waals surface area contributed by atoms with Gasteiger partial charge in [0, 0.05) is 10.6 Å². The molecule has 5 heteroatoms. The molecule has 3 rings (SSSR count). The van der Waals surface area contributed by atoms with E-state index in [9.17, 15) is 9.59 Å². The Morgan fingerprint density at radius 1 is 0.897 bits per heavy atom. The largest absolute Gasteiger partial charge is 0.344 e. The first-order valence-electron chi connectivity index (χ1n) is 9.39. The summed E-state index contributed by atoms with van der Waals surface area (Å²) in [7, 11) is 0. The number of rotatable bonds is 6. The predicted molar refractivity (Wildman–Crippen MR) is 116 cm³/mol. The summed E-state index contributed by atoms with van der Waals surface area (Å²) < 4.78 is 0. The highest BCUT2D eigenvalue weighted by molar-refractivity contribution is 6.31. The van der Waals surface area contributed by atoms with Crippen LogP contribution in [0.15, 0.2) is 72.8 Å². The van der Waals surface area contributed by atoms with Crippen molar-refractivity contribution in [2.24, 2.45) is 0 Å². The van der Waals surface area contributed by atoms with Gasteiger partial charge in [-0.1, -0.05) is 71.8 Å². The van der Waals surface area contributed by atoms with Crippen molar-refractivity contribution >= 4 is 23.4 Å². The van der Waals surface area contributed by atoms with Crippen LogP contribution < -0.4 is 10.6 Å². The van der Waals surface area contributed by atoms with Gasteiger partial charge in [0.25, 0.3) is 5.91 Å². The molecule has 1 atom stereocenters. The molecule has 29 heavy (non-hydrogen) atoms. The molecule has 0 bridgehead atoms. The molecule has 0 aliphatic heterocycles. The molecule has 4 nitrogen and oxygen atoms in total. The van der Waals surface area contributed by atoms with Gasteiger partial charge in [-0.2, -0.15) is 0 Å². The first-order valence-corrected chi connectivity index (χ1v) is 9.77. The second-order valence-corrected chi connectivity index (χ2v) is 7.38. The lowest BCUT2D eigenvalue weighted by Crippen LogP contribution is -2.39. The summed E-state index contributed by atoms with van der Waals surface area (Å²) in [5, 5.41) is 6.37. The fourth-order valence-electron chi connectivity index (χ4n) is 3.03. The van der Waals surface area contributed by atoms with Crippen LogP contribution in [0.25, 0.3) is 0 Å². The normalized spacial score (nSPS) is 11.6. The first kappa shape index (κ1) is 20.6. The molecule has 0 spiro atoms. The van der Waals surface area contributed by atoms with Gasteiger partial charge in [-0.05, 0) is 48.7 Å². The molecule has 0 aliphatic rings. The van der Waals surface area contributed by atoms with Crippen molar-refractivity contribution in [1.29, 1.82) is 0 Å². The molecule has 3 aromatic rings. The monoisotopic (exact) mass is 406 g/mol. The van der Waals surface area contributed by atoms with E-state index >= 15 is 0 Å². The van der Waals surface area contributed by atoms with Gasteiger partial charge >= 0.3 is 0 Å². The molecule has 0 saturated heterocycles. The summed E-state index contributed by atoms with van der Waals surface area (Å²) >= 11 is 6.15. The Bertz CT molecular complexity index is 1000. The minimum atomic E-state index is -0.337. The maximum atomic E-state index is 12.6. The van der Waals surface area contributed by atoms with Crippen molar-refractivity contribution in [3.05, 3.63) is 106 Å². The molecule has 0 aromatic heterocycles. The Balaban J connectivity index is 1.72. The maximum absolute atomic E-state index is 12.6. The second kappa shape index (κ2) is 9.39. The summed E-state index contributed by atoms with van der Waals surface area (Å²) in [6, 6.07) is 22.3. The van der Waals surface area contributed by atoms with Gasteiger partial charge in [0.2, 0.25) is 5.91 Å². The Kier molecular flexibility index (Phi) is 6.68. The lowest BCUT2D eigenvalue weighted by Gasteiger charge is -2.21. The number of halogens is 1. The molecule has 3 aromatic carbocycles. The molecule has 0 radical (unpaired) electrons. The molecular formula is C24H23ClN2O2. The lowest BCUT2D eigenvalue weighted by molar-refractivity contribution is -0.120. The fourth-order valence-corrected chi connectivity index (χ4v) is 3.15. The number of carbonyl (C=O) groups is 2. The van der Waals surface area contributed by atoms with E-state index < -0.39 is 0 Å². The summed E-state index contributed by atoms with van der Waals surface area (Å²) in [5.41, 5.74) is 4.41. The van der Waals surface area contributed by atoms with Gasteiger partial charge < -0.3 is 10.6 Å². The quantitative estimate of drug-likeness (QED) is 0.628. The predicted octanol–water partition coefficient (Wildman–Crippen LogP) is 4.59. The van der Waals surface area contributed by atoms with Crippen molar-refractivity contribution in [2.75, 3.05) is 6.54 Å². The Morgan fingerprint density at radius 3 is 2.24 bits per heavy atom. The van der Waals surface area contributed by atoms with Crippen molar-refractivity contribution in [3.8, 4) is 0 Å². The van der Waals surface area contributed by atoms with Gasteiger partial charge in [0.15, 0.2) is 0 Å². The smallest absolute Gasteiger partial charge is 0.251 e. The highest BCUT2D eigenvalue weighted by Gasteiger charge is 2.18. The van der Waals surface area contributed by atoms with E-state index in [1.54, 1.807) is 12.1 Å². The average Bonchev–Trinajstić information content (AvgIpc) is 2.73. The molecule has 1 unspecified atom stereocenters. The summed E-state index contributed by atoms with van der Waals surface area (Å²) in [5.74, 6) is -0.550. The van der Waals surface area contributed by atoms with Crippen LogP contribution in [0.2, 0.25) is 5.02 Å². The molecule has 148 valence electrons. The van der Waals surface area contributed by atoms with Crippen LogP contribution in [0.1, 0.15) is 38.7 Å². The van der Waals surface area contributed by atoms with Gasteiger partial charge in [-0.25, -0.2) is 0 Å². The third-order valence-corrected chi connectivity index (χ3v) is 5.10. The van der Waals surface area contributed by atoms with Crippen LogP contribution in [-0.4, -0.2) is 18.4 Å². The van der Waals surface area contributed by atoms with E-state index in [1.807, 2.05) is 74.5 Å². The number of hydrogen-bond donors (Lipinski definition) is 2. The zero-order chi connectivity index (χ0) is 20.8. The molecular weight excluding hydrogens is 384 g/mol. The zero-order valence-corrected chi connectivity index (χ0v) is 17.2. The number of amides is 2. The van der Waals surface area contributed by atoms with Gasteiger partial charge in [-0.15, -0.1) is 0 Å². The summed E-state index contributed by atoms with van der Waals surface area (Å²) in [6.45, 7) is 3.78. The number of benzene rings is 3. The summed E-state index contributed by atoms with van der Waals surface area (Å²) in [4.78, 5) is 24.9. The van der Waals surface area contributed by atoms with E-state index in [0.717, 1.165) is 22.3 Å². The summed E-state index contributed by atoms with van der Waals surface area (Å²) in [6.07, 6.45) is 0. The molecule has 0 heterocycles. The van der Waals surface area contributed by atoms with E-state index in [0.29, 0.717) is 10.6 Å². The first-order chi connectivity index (χ1) is 13.9. The van der Waals surface area contributed by atoms with Crippen molar-refractivity contribution < 1.29 is 9.59 Å². The average molecular weight is 407 g/mol. The Labute approximate surface area is 175 Å². The maximum Gasteiger partial charge on any atom is 0.251 e. The van der Waals surface area contributed by atoms with Gasteiger partial charge in [-0.3, -0.25) is 9.59 Å². The van der Waals surface area contributed by atoms with E-state index in [4.69, 9.17) is 11.6 Å². The zero-order valence-electron chi connectivity index (χ0n) is 16.4. The number of aryl methyl sites for hydroxylation is 2. The fraction of sp³-hybridized carbons (Fsp3) is 0.167. The minimum Gasteiger partial charge on any atom is -0.344 e. The van der Waals surface area contributed by atoms with Crippen molar-refractivity contribution in [3.63, 3.8) is 0 Å². The van der Waals surface area contributed by atoms with E-state index in [-0.39, 0.29) is 24.4 Å². The van der Waals surface area contributed by atoms with Crippen LogP contribution in [0, 0.1) is 13.8 Å². The van der Waals surface area contributed by atoms with E-state index in [1.165, 1.54) is 0 Å². The van der Waals surface area contributed by atoms with Crippen LogP contribution in [-0.2, 0) is 4.79 Å². The van der Waals surface area contributed by atoms with Gasteiger partial charge in [0.1, 0.15) is 0 Å². The highest BCUT2D eigenvalue weighted by Crippen LogP contribution is 2.25. The molecule has 0 fully saturated rings. The molecule has 0 aliphatic carbocycles. The van der Waals surface area contributed by atoms with Crippen LogP contribution in [0.4, 0.5) is 0 Å². The highest BCUT2D eigenvalue weighted by atomic mass is 35.5. The van der Waals surface area contributed by atoms with Crippen LogP contribution in [0.5, 0.6) is 0 Å². The Hall–Kier alpha value is -3.11. The molecule has 2 amide bonds. The second-order valence-electron chi connectivity index (χ2n) is 6.97. The standard InChI is InChI=1S/C24H23ClN2O2/c1-16-8-10-19(11-9-16)24(29)26-15-22(28)27-23(18-6-4-3-5-7-18)20-12-13-21(25)17(2)14-20/h3-14,23H,15H2,1-2H3,(H,26,29)(H,27,28). The molecule has 2 N–H and O–H groups in total. The molecule has 0 saturated carbocycles. The topological polar surface area (TPSA) is 58.2 Å². The third-order valence-electron chi connectivity index (χ3n) is 4.68. The lowest BCUT2D eigenvalue weighted by atomic mass is 9.97. The number of carbonyl (C=O) groups excluding carboxylic acids is 2. The number of nitrogens with one attached hydrogen (secondary N) is 2. The minimum absolute atomic E-state index is 0.109. The van der Waals surface area contributed by atoms with Crippen molar-refractivity contribution in [1.82, 2.24) is 10.6 Å². The van der Waals surface area contributed by atoms with Crippen LogP contribution in [0.3, 0.4) is 0 Å².